The zero-order valence-corrected chi connectivity index (χ0v) is 19.6. The molecule has 0 atom stereocenters. The van der Waals surface area contributed by atoms with E-state index in [0.29, 0.717) is 22.8 Å². The standard InChI is InChI=1S/C26H27ClN4O/c1-16-5-6-17(2)21(13-16)14-23-18(3)30-25-24(15-29-31(25)19(23)4)26(32)28-12-11-20-7-9-22(27)10-8-20/h5-10,13,15H,11-12,14H2,1-4H3,(H,28,32). The van der Waals surface area contributed by atoms with Gasteiger partial charge in [-0.25, -0.2) is 9.50 Å². The molecular weight excluding hydrogens is 420 g/mol. The molecule has 0 bridgehead atoms. The van der Waals surface area contributed by atoms with Crippen LogP contribution in [0.2, 0.25) is 5.02 Å². The highest BCUT2D eigenvalue weighted by Gasteiger charge is 2.18. The average Bonchev–Trinajstić information content (AvgIpc) is 3.18. The maximum absolute atomic E-state index is 12.8. The Morgan fingerprint density at radius 1 is 1.06 bits per heavy atom. The molecule has 0 fully saturated rings. The van der Waals surface area contributed by atoms with Crippen LogP contribution in [0.25, 0.3) is 5.65 Å². The van der Waals surface area contributed by atoms with Crippen LogP contribution in [0.15, 0.2) is 48.7 Å². The number of amides is 1. The zero-order valence-electron chi connectivity index (χ0n) is 18.9. The average molecular weight is 447 g/mol. The number of hydrogen-bond acceptors (Lipinski definition) is 3. The molecule has 0 aliphatic carbocycles. The molecule has 32 heavy (non-hydrogen) atoms. The number of aromatic nitrogens is 3. The maximum atomic E-state index is 12.8. The van der Waals surface area contributed by atoms with Crippen molar-refractivity contribution in [1.82, 2.24) is 19.9 Å². The number of hydrogen-bond donors (Lipinski definition) is 1. The van der Waals surface area contributed by atoms with E-state index in [1.54, 1.807) is 10.7 Å². The van der Waals surface area contributed by atoms with E-state index in [1.807, 2.05) is 38.1 Å². The van der Waals surface area contributed by atoms with Crippen LogP contribution in [0.1, 0.15) is 49.6 Å². The van der Waals surface area contributed by atoms with Crippen molar-refractivity contribution in [1.29, 1.82) is 0 Å². The Hall–Kier alpha value is -3.18. The van der Waals surface area contributed by atoms with Crippen molar-refractivity contribution in [3.05, 3.63) is 98.5 Å². The number of rotatable bonds is 6. The Morgan fingerprint density at radius 3 is 2.56 bits per heavy atom. The lowest BCUT2D eigenvalue weighted by atomic mass is 9.97. The molecule has 2 heterocycles. The fourth-order valence-electron chi connectivity index (χ4n) is 3.97. The van der Waals surface area contributed by atoms with E-state index in [9.17, 15) is 4.79 Å². The van der Waals surface area contributed by atoms with Crippen molar-refractivity contribution in [2.24, 2.45) is 0 Å². The van der Waals surface area contributed by atoms with Crippen LogP contribution < -0.4 is 5.32 Å². The van der Waals surface area contributed by atoms with Gasteiger partial charge in [0, 0.05) is 29.4 Å². The van der Waals surface area contributed by atoms with Crippen LogP contribution in [0.5, 0.6) is 0 Å². The number of aryl methyl sites for hydroxylation is 4. The molecule has 0 saturated heterocycles. The molecule has 4 aromatic rings. The molecule has 5 nitrogen and oxygen atoms in total. The number of nitrogens with zero attached hydrogens (tertiary/aromatic N) is 3. The summed E-state index contributed by atoms with van der Waals surface area (Å²) in [7, 11) is 0. The summed E-state index contributed by atoms with van der Waals surface area (Å²) in [6.45, 7) is 8.81. The highest BCUT2D eigenvalue weighted by Crippen LogP contribution is 2.22. The van der Waals surface area contributed by atoms with Gasteiger partial charge >= 0.3 is 0 Å². The van der Waals surface area contributed by atoms with E-state index in [-0.39, 0.29) is 5.91 Å². The molecule has 4 rings (SSSR count). The minimum atomic E-state index is -0.164. The first-order valence-electron chi connectivity index (χ1n) is 10.8. The summed E-state index contributed by atoms with van der Waals surface area (Å²) in [6.07, 6.45) is 3.12. The Morgan fingerprint density at radius 2 is 1.81 bits per heavy atom. The molecule has 0 spiro atoms. The fraction of sp³-hybridized carbons (Fsp3) is 0.269. The van der Waals surface area contributed by atoms with E-state index >= 15 is 0 Å². The minimum Gasteiger partial charge on any atom is -0.352 e. The van der Waals surface area contributed by atoms with Crippen LogP contribution in [0.4, 0.5) is 0 Å². The van der Waals surface area contributed by atoms with Crippen LogP contribution in [0.3, 0.4) is 0 Å². The van der Waals surface area contributed by atoms with Crippen molar-refractivity contribution in [3.8, 4) is 0 Å². The number of benzene rings is 2. The van der Waals surface area contributed by atoms with Crippen LogP contribution in [-0.2, 0) is 12.8 Å². The number of fused-ring (bicyclic) bond motifs is 1. The second kappa shape index (κ2) is 9.13. The second-order valence-electron chi connectivity index (χ2n) is 8.29. The van der Waals surface area contributed by atoms with Crippen molar-refractivity contribution < 1.29 is 4.79 Å². The van der Waals surface area contributed by atoms with Gasteiger partial charge in [0.15, 0.2) is 5.65 Å². The van der Waals surface area contributed by atoms with E-state index in [2.05, 4.69) is 42.5 Å². The molecule has 6 heteroatoms. The summed E-state index contributed by atoms with van der Waals surface area (Å²) < 4.78 is 1.78. The normalized spacial score (nSPS) is 11.2. The van der Waals surface area contributed by atoms with Gasteiger partial charge in [0.25, 0.3) is 5.91 Å². The molecule has 2 aromatic heterocycles. The van der Waals surface area contributed by atoms with Crippen molar-refractivity contribution >= 4 is 23.2 Å². The molecule has 164 valence electrons. The highest BCUT2D eigenvalue weighted by molar-refractivity contribution is 6.30. The van der Waals surface area contributed by atoms with Crippen molar-refractivity contribution in [3.63, 3.8) is 0 Å². The summed E-state index contributed by atoms with van der Waals surface area (Å²) in [5, 5.41) is 8.17. The first-order valence-corrected chi connectivity index (χ1v) is 11.1. The molecule has 2 aromatic carbocycles. The van der Waals surface area contributed by atoms with Gasteiger partial charge < -0.3 is 5.32 Å². The Balaban J connectivity index is 1.55. The van der Waals surface area contributed by atoms with E-state index in [4.69, 9.17) is 16.6 Å². The largest absolute Gasteiger partial charge is 0.352 e. The Kier molecular flexibility index (Phi) is 6.28. The summed E-state index contributed by atoms with van der Waals surface area (Å²) in [4.78, 5) is 17.6. The number of carbonyl (C=O) groups is 1. The predicted octanol–water partition coefficient (Wildman–Crippen LogP) is 5.18. The fourth-order valence-corrected chi connectivity index (χ4v) is 4.10. The highest BCUT2D eigenvalue weighted by atomic mass is 35.5. The van der Waals surface area contributed by atoms with Gasteiger partial charge in [-0.2, -0.15) is 5.10 Å². The molecule has 1 amide bonds. The van der Waals surface area contributed by atoms with Gasteiger partial charge in [0.1, 0.15) is 5.56 Å². The molecule has 0 saturated carbocycles. The van der Waals surface area contributed by atoms with Gasteiger partial charge in [-0.05, 0) is 68.5 Å². The summed E-state index contributed by atoms with van der Waals surface area (Å²) in [5.41, 5.74) is 9.06. The lowest BCUT2D eigenvalue weighted by Crippen LogP contribution is -2.25. The third kappa shape index (κ3) is 4.53. The monoisotopic (exact) mass is 446 g/mol. The minimum absolute atomic E-state index is 0.164. The molecule has 1 N–H and O–H groups in total. The second-order valence-corrected chi connectivity index (χ2v) is 8.73. The number of halogens is 1. The van der Waals surface area contributed by atoms with Crippen LogP contribution in [0, 0.1) is 27.7 Å². The molecule has 0 unspecified atom stereocenters. The lowest BCUT2D eigenvalue weighted by molar-refractivity contribution is 0.0955. The van der Waals surface area contributed by atoms with Crippen LogP contribution >= 0.6 is 11.6 Å². The van der Waals surface area contributed by atoms with Gasteiger partial charge in [0.05, 0.1) is 6.20 Å². The molecular formula is C26H27ClN4O. The smallest absolute Gasteiger partial charge is 0.256 e. The van der Waals surface area contributed by atoms with Gasteiger partial charge in [-0.1, -0.05) is 47.5 Å². The molecule has 0 aliphatic rings. The van der Waals surface area contributed by atoms with Gasteiger partial charge in [0.2, 0.25) is 0 Å². The lowest BCUT2D eigenvalue weighted by Gasteiger charge is -2.14. The van der Waals surface area contributed by atoms with Gasteiger partial charge in [-0.15, -0.1) is 0 Å². The molecule has 0 aliphatic heterocycles. The zero-order chi connectivity index (χ0) is 22.8. The maximum Gasteiger partial charge on any atom is 0.256 e. The first kappa shape index (κ1) is 22.0. The van der Waals surface area contributed by atoms with Gasteiger partial charge in [-0.3, -0.25) is 4.79 Å². The Bertz CT molecular complexity index is 1290. The Labute approximate surface area is 193 Å². The number of carbonyl (C=O) groups excluding carboxylic acids is 1. The first-order chi connectivity index (χ1) is 15.3. The van der Waals surface area contributed by atoms with Crippen LogP contribution in [-0.4, -0.2) is 27.0 Å². The predicted molar refractivity (Wildman–Crippen MR) is 129 cm³/mol. The molecule has 0 radical (unpaired) electrons. The van der Waals surface area contributed by atoms with E-state index in [0.717, 1.165) is 35.4 Å². The SMILES string of the molecule is Cc1ccc(C)c(Cc2c(C)nc3c(C(=O)NCCc4ccc(Cl)cc4)cnn3c2C)c1. The third-order valence-corrected chi connectivity index (χ3v) is 6.19. The third-order valence-electron chi connectivity index (χ3n) is 5.94. The van der Waals surface area contributed by atoms with E-state index < -0.39 is 0 Å². The quantitative estimate of drug-likeness (QED) is 0.444. The summed E-state index contributed by atoms with van der Waals surface area (Å²) >= 11 is 5.93. The summed E-state index contributed by atoms with van der Waals surface area (Å²) in [6, 6.07) is 14.2. The summed E-state index contributed by atoms with van der Waals surface area (Å²) in [5.74, 6) is -0.164. The van der Waals surface area contributed by atoms with Crippen molar-refractivity contribution in [2.75, 3.05) is 6.54 Å². The van der Waals surface area contributed by atoms with Crippen molar-refractivity contribution in [2.45, 2.75) is 40.5 Å². The number of nitrogens with one attached hydrogen (secondary N) is 1. The topological polar surface area (TPSA) is 59.3 Å². The van der Waals surface area contributed by atoms with E-state index in [1.165, 1.54) is 16.7 Å².